The van der Waals surface area contributed by atoms with Crippen molar-refractivity contribution in [1.82, 2.24) is 20.1 Å². The predicted octanol–water partition coefficient (Wildman–Crippen LogP) is 1.81. The number of aromatic amines is 1. The number of pyridine rings is 1. The summed E-state index contributed by atoms with van der Waals surface area (Å²) in [7, 11) is 0. The van der Waals surface area contributed by atoms with Crippen LogP contribution < -0.4 is 4.74 Å². The van der Waals surface area contributed by atoms with Gasteiger partial charge in [0.2, 0.25) is 5.91 Å². The number of piperidine rings is 1. The fourth-order valence-corrected chi connectivity index (χ4v) is 2.66. The molecule has 0 atom stereocenters. The SMILES string of the molecule is O=C(CCc1cn[nH]c1)N1CCC(Oc2cccnc2)CC1. The van der Waals surface area contributed by atoms with Crippen LogP contribution in [0.15, 0.2) is 36.9 Å². The second-order valence-corrected chi connectivity index (χ2v) is 5.49. The number of carbonyl (C=O) groups excluding carboxylic acids is 1. The highest BCUT2D eigenvalue weighted by molar-refractivity contribution is 5.76. The molecule has 6 heteroatoms. The minimum atomic E-state index is 0.169. The largest absolute Gasteiger partial charge is 0.489 e. The lowest BCUT2D eigenvalue weighted by molar-refractivity contribution is -0.132. The molecule has 116 valence electrons. The molecular formula is C16H20N4O2. The van der Waals surface area contributed by atoms with Gasteiger partial charge in [0.25, 0.3) is 0 Å². The molecule has 1 N–H and O–H groups in total. The Labute approximate surface area is 129 Å². The number of hydrogen-bond donors (Lipinski definition) is 1. The Morgan fingerprint density at radius 1 is 1.36 bits per heavy atom. The van der Waals surface area contributed by atoms with E-state index in [4.69, 9.17) is 4.74 Å². The van der Waals surface area contributed by atoms with Gasteiger partial charge in [-0.15, -0.1) is 0 Å². The number of nitrogens with zero attached hydrogens (tertiary/aromatic N) is 3. The molecule has 0 unspecified atom stereocenters. The van der Waals surface area contributed by atoms with Crippen LogP contribution in [-0.4, -0.2) is 45.2 Å². The van der Waals surface area contributed by atoms with Gasteiger partial charge in [-0.2, -0.15) is 5.10 Å². The third kappa shape index (κ3) is 3.84. The zero-order valence-corrected chi connectivity index (χ0v) is 12.4. The number of amides is 1. The summed E-state index contributed by atoms with van der Waals surface area (Å²) < 4.78 is 5.89. The average molecular weight is 300 g/mol. The molecule has 1 aliphatic heterocycles. The highest BCUT2D eigenvalue weighted by Crippen LogP contribution is 2.18. The Kier molecular flexibility index (Phi) is 4.68. The second-order valence-electron chi connectivity index (χ2n) is 5.49. The van der Waals surface area contributed by atoms with Crippen LogP contribution in [0.3, 0.4) is 0 Å². The summed E-state index contributed by atoms with van der Waals surface area (Å²) in [4.78, 5) is 18.2. The maximum atomic E-state index is 12.2. The third-order valence-corrected chi connectivity index (χ3v) is 3.91. The van der Waals surface area contributed by atoms with Crippen molar-refractivity contribution in [3.05, 3.63) is 42.5 Å². The molecular weight excluding hydrogens is 280 g/mol. The molecule has 0 bridgehead atoms. The molecule has 1 fully saturated rings. The molecule has 1 aliphatic rings. The fraction of sp³-hybridized carbons (Fsp3) is 0.438. The maximum absolute atomic E-state index is 12.2. The molecule has 1 saturated heterocycles. The van der Waals surface area contributed by atoms with Crippen molar-refractivity contribution in [3.63, 3.8) is 0 Å². The van der Waals surface area contributed by atoms with Gasteiger partial charge >= 0.3 is 0 Å². The highest BCUT2D eigenvalue weighted by Gasteiger charge is 2.23. The zero-order valence-electron chi connectivity index (χ0n) is 12.4. The first kappa shape index (κ1) is 14.6. The lowest BCUT2D eigenvalue weighted by Gasteiger charge is -2.32. The van der Waals surface area contributed by atoms with Crippen LogP contribution in [0.25, 0.3) is 0 Å². The zero-order chi connectivity index (χ0) is 15.2. The van der Waals surface area contributed by atoms with E-state index in [-0.39, 0.29) is 12.0 Å². The first-order valence-corrected chi connectivity index (χ1v) is 7.63. The van der Waals surface area contributed by atoms with Gasteiger partial charge in [-0.05, 0) is 24.1 Å². The Morgan fingerprint density at radius 2 is 2.23 bits per heavy atom. The number of aryl methyl sites for hydroxylation is 1. The molecule has 6 nitrogen and oxygen atoms in total. The van der Waals surface area contributed by atoms with Crippen molar-refractivity contribution in [3.8, 4) is 5.75 Å². The van der Waals surface area contributed by atoms with E-state index in [1.165, 1.54) is 0 Å². The fourth-order valence-electron chi connectivity index (χ4n) is 2.66. The number of nitrogens with one attached hydrogen (secondary N) is 1. The van der Waals surface area contributed by atoms with Crippen molar-refractivity contribution in [2.24, 2.45) is 0 Å². The molecule has 0 aliphatic carbocycles. The number of ether oxygens (including phenoxy) is 1. The van der Waals surface area contributed by atoms with Crippen molar-refractivity contribution in [2.45, 2.75) is 31.8 Å². The number of rotatable bonds is 5. The standard InChI is InChI=1S/C16H20N4O2/c21-16(4-3-13-10-18-19-11-13)20-8-5-14(6-9-20)22-15-2-1-7-17-12-15/h1-2,7,10-12,14H,3-6,8-9H2,(H,18,19). The molecule has 0 spiro atoms. The minimum absolute atomic E-state index is 0.169. The Bertz CT molecular complexity index is 577. The van der Waals surface area contributed by atoms with Crippen LogP contribution in [0.4, 0.5) is 0 Å². The van der Waals surface area contributed by atoms with Crippen LogP contribution >= 0.6 is 0 Å². The van der Waals surface area contributed by atoms with Gasteiger partial charge in [-0.25, -0.2) is 0 Å². The summed E-state index contributed by atoms with van der Waals surface area (Å²) in [5.74, 6) is 1.01. The van der Waals surface area contributed by atoms with Crippen LogP contribution in [0.5, 0.6) is 5.75 Å². The van der Waals surface area contributed by atoms with Gasteiger partial charge in [0.05, 0.1) is 12.4 Å². The van der Waals surface area contributed by atoms with Crippen molar-refractivity contribution in [2.75, 3.05) is 13.1 Å². The Balaban J connectivity index is 1.42. The topological polar surface area (TPSA) is 71.1 Å². The second kappa shape index (κ2) is 7.06. The van der Waals surface area contributed by atoms with Crippen molar-refractivity contribution < 1.29 is 9.53 Å². The summed E-state index contributed by atoms with van der Waals surface area (Å²) >= 11 is 0. The summed E-state index contributed by atoms with van der Waals surface area (Å²) in [5.41, 5.74) is 1.07. The molecule has 3 heterocycles. The van der Waals surface area contributed by atoms with Crippen LogP contribution in [0.1, 0.15) is 24.8 Å². The molecule has 1 amide bonds. The molecule has 3 rings (SSSR count). The van der Waals surface area contributed by atoms with Gasteiger partial charge in [0, 0.05) is 44.7 Å². The summed E-state index contributed by atoms with van der Waals surface area (Å²) in [6.07, 6.45) is 10.2. The van der Waals surface area contributed by atoms with Gasteiger partial charge < -0.3 is 9.64 Å². The van der Waals surface area contributed by atoms with Crippen LogP contribution in [-0.2, 0) is 11.2 Å². The van der Waals surface area contributed by atoms with E-state index in [9.17, 15) is 4.79 Å². The molecule has 2 aromatic heterocycles. The molecule has 0 radical (unpaired) electrons. The predicted molar refractivity (Wildman–Crippen MR) is 81.4 cm³/mol. The van der Waals surface area contributed by atoms with Crippen molar-refractivity contribution >= 4 is 5.91 Å². The first-order chi connectivity index (χ1) is 10.8. The Hall–Kier alpha value is -2.37. The summed E-state index contributed by atoms with van der Waals surface area (Å²) in [5, 5.41) is 6.66. The molecule has 2 aromatic rings. The Morgan fingerprint density at radius 3 is 2.91 bits per heavy atom. The van der Waals surface area contributed by atoms with E-state index in [1.807, 2.05) is 23.2 Å². The van der Waals surface area contributed by atoms with E-state index < -0.39 is 0 Å². The van der Waals surface area contributed by atoms with Gasteiger partial charge in [0.1, 0.15) is 11.9 Å². The highest BCUT2D eigenvalue weighted by atomic mass is 16.5. The molecule has 22 heavy (non-hydrogen) atoms. The van der Waals surface area contributed by atoms with E-state index in [0.717, 1.165) is 43.7 Å². The number of H-pyrrole nitrogens is 1. The van der Waals surface area contributed by atoms with Gasteiger partial charge in [0.15, 0.2) is 0 Å². The summed E-state index contributed by atoms with van der Waals surface area (Å²) in [6, 6.07) is 3.78. The number of aromatic nitrogens is 3. The molecule has 0 saturated carbocycles. The normalized spacial score (nSPS) is 15.7. The lowest BCUT2D eigenvalue weighted by Crippen LogP contribution is -2.41. The average Bonchev–Trinajstić information content (AvgIpc) is 3.08. The van der Waals surface area contributed by atoms with Crippen molar-refractivity contribution in [1.29, 1.82) is 0 Å². The maximum Gasteiger partial charge on any atom is 0.222 e. The van der Waals surface area contributed by atoms with Gasteiger partial charge in [-0.3, -0.25) is 14.9 Å². The lowest BCUT2D eigenvalue weighted by atomic mass is 10.1. The number of likely N-dealkylation sites (tertiary alicyclic amines) is 1. The van der Waals surface area contributed by atoms with E-state index in [1.54, 1.807) is 18.6 Å². The first-order valence-electron chi connectivity index (χ1n) is 7.63. The number of carbonyl (C=O) groups is 1. The van der Waals surface area contributed by atoms with E-state index in [0.29, 0.717) is 6.42 Å². The van der Waals surface area contributed by atoms with E-state index >= 15 is 0 Å². The van der Waals surface area contributed by atoms with Gasteiger partial charge in [-0.1, -0.05) is 0 Å². The summed E-state index contributed by atoms with van der Waals surface area (Å²) in [6.45, 7) is 1.52. The monoisotopic (exact) mass is 300 g/mol. The van der Waals surface area contributed by atoms with Crippen LogP contribution in [0.2, 0.25) is 0 Å². The van der Waals surface area contributed by atoms with Crippen LogP contribution in [0, 0.1) is 0 Å². The third-order valence-electron chi connectivity index (χ3n) is 3.91. The molecule has 0 aromatic carbocycles. The number of hydrogen-bond acceptors (Lipinski definition) is 4. The minimum Gasteiger partial charge on any atom is -0.489 e. The quantitative estimate of drug-likeness (QED) is 0.914. The van der Waals surface area contributed by atoms with E-state index in [2.05, 4.69) is 15.2 Å². The smallest absolute Gasteiger partial charge is 0.222 e.